The Kier molecular flexibility index (Phi) is 6.58. The van der Waals surface area contributed by atoms with E-state index in [4.69, 9.17) is 11.6 Å². The summed E-state index contributed by atoms with van der Waals surface area (Å²) < 4.78 is 0. The Morgan fingerprint density at radius 1 is 0.969 bits per heavy atom. The lowest BCUT2D eigenvalue weighted by Crippen LogP contribution is -2.31. The minimum absolute atomic E-state index is 0.0999. The van der Waals surface area contributed by atoms with Crippen LogP contribution < -0.4 is 10.2 Å². The molecule has 4 heteroatoms. The van der Waals surface area contributed by atoms with E-state index < -0.39 is 0 Å². The molecule has 4 aromatic rings. The Morgan fingerprint density at radius 3 is 2.47 bits per heavy atom. The van der Waals surface area contributed by atoms with Gasteiger partial charge in [0.1, 0.15) is 0 Å². The highest BCUT2D eigenvalue weighted by Gasteiger charge is 2.19. The predicted molar refractivity (Wildman–Crippen MR) is 136 cm³/mol. The SMILES string of the molecule is C=CCN(C(=O)c1ccc(Cl)cc1)c1ccccc1NCc1c(C)ccc2ccccc12. The monoisotopic (exact) mass is 440 g/mol. The zero-order valence-corrected chi connectivity index (χ0v) is 18.8. The van der Waals surface area contributed by atoms with Crippen LogP contribution in [0, 0.1) is 6.92 Å². The van der Waals surface area contributed by atoms with Crippen LogP contribution in [0.25, 0.3) is 10.8 Å². The molecule has 0 bridgehead atoms. The molecule has 0 atom stereocenters. The van der Waals surface area contributed by atoms with Gasteiger partial charge in [-0.05, 0) is 65.2 Å². The lowest BCUT2D eigenvalue weighted by atomic mass is 9.99. The van der Waals surface area contributed by atoms with E-state index in [1.54, 1.807) is 35.2 Å². The molecule has 3 nitrogen and oxygen atoms in total. The first kappa shape index (κ1) is 21.7. The third-order valence-corrected chi connectivity index (χ3v) is 5.83. The number of para-hydroxylation sites is 2. The van der Waals surface area contributed by atoms with Crippen LogP contribution >= 0.6 is 11.6 Å². The Labute approximate surface area is 194 Å². The normalized spacial score (nSPS) is 10.7. The second-order valence-corrected chi connectivity index (χ2v) is 8.10. The van der Waals surface area contributed by atoms with Crippen LogP contribution in [0.2, 0.25) is 5.02 Å². The van der Waals surface area contributed by atoms with Crippen LogP contribution in [0.15, 0.2) is 97.6 Å². The molecule has 1 amide bonds. The number of hydrogen-bond donors (Lipinski definition) is 1. The molecule has 4 aromatic carbocycles. The quantitative estimate of drug-likeness (QED) is 0.307. The average Bonchev–Trinajstić information content (AvgIpc) is 2.82. The van der Waals surface area contributed by atoms with Crippen LogP contribution in [0.3, 0.4) is 0 Å². The molecule has 0 aliphatic carbocycles. The first-order chi connectivity index (χ1) is 15.6. The maximum absolute atomic E-state index is 13.3. The van der Waals surface area contributed by atoms with Crippen molar-refractivity contribution in [3.63, 3.8) is 0 Å². The second-order valence-electron chi connectivity index (χ2n) is 7.66. The number of benzene rings is 4. The molecule has 4 rings (SSSR count). The van der Waals surface area contributed by atoms with Crippen molar-refractivity contribution in [1.29, 1.82) is 0 Å². The fraction of sp³-hybridized carbons (Fsp3) is 0.107. The van der Waals surface area contributed by atoms with Crippen molar-refractivity contribution in [1.82, 2.24) is 0 Å². The minimum Gasteiger partial charge on any atom is -0.379 e. The molecule has 0 aliphatic rings. The van der Waals surface area contributed by atoms with E-state index in [-0.39, 0.29) is 5.91 Å². The summed E-state index contributed by atoms with van der Waals surface area (Å²) in [5.74, 6) is -0.0999. The van der Waals surface area contributed by atoms with Crippen molar-refractivity contribution in [2.75, 3.05) is 16.8 Å². The van der Waals surface area contributed by atoms with E-state index >= 15 is 0 Å². The van der Waals surface area contributed by atoms with Gasteiger partial charge in [-0.1, -0.05) is 66.2 Å². The summed E-state index contributed by atoms with van der Waals surface area (Å²) in [6, 6.07) is 27.5. The third kappa shape index (κ3) is 4.53. The topological polar surface area (TPSA) is 32.3 Å². The molecule has 0 saturated heterocycles. The summed E-state index contributed by atoms with van der Waals surface area (Å²) >= 11 is 6.00. The van der Waals surface area contributed by atoms with Gasteiger partial charge in [0, 0.05) is 23.7 Å². The van der Waals surface area contributed by atoms with Crippen molar-refractivity contribution in [3.8, 4) is 0 Å². The zero-order valence-electron chi connectivity index (χ0n) is 18.0. The highest BCUT2D eigenvalue weighted by Crippen LogP contribution is 2.29. The van der Waals surface area contributed by atoms with Gasteiger partial charge in [-0.3, -0.25) is 4.79 Å². The van der Waals surface area contributed by atoms with E-state index in [2.05, 4.69) is 55.2 Å². The third-order valence-electron chi connectivity index (χ3n) is 5.57. The summed E-state index contributed by atoms with van der Waals surface area (Å²) in [5.41, 5.74) is 4.76. The van der Waals surface area contributed by atoms with Crippen molar-refractivity contribution >= 4 is 39.7 Å². The number of aryl methyl sites for hydroxylation is 1. The summed E-state index contributed by atoms with van der Waals surface area (Å²) in [5, 5.41) is 6.62. The molecule has 0 heterocycles. The zero-order chi connectivity index (χ0) is 22.5. The fourth-order valence-electron chi connectivity index (χ4n) is 3.89. The van der Waals surface area contributed by atoms with Gasteiger partial charge in [0.15, 0.2) is 0 Å². The van der Waals surface area contributed by atoms with Crippen LogP contribution in [0.1, 0.15) is 21.5 Å². The number of anilines is 2. The number of halogens is 1. The van der Waals surface area contributed by atoms with Gasteiger partial charge in [0.2, 0.25) is 0 Å². The Balaban J connectivity index is 1.66. The lowest BCUT2D eigenvalue weighted by molar-refractivity contribution is 0.0990. The molecule has 0 radical (unpaired) electrons. The van der Waals surface area contributed by atoms with Crippen LogP contribution in [0.4, 0.5) is 11.4 Å². The van der Waals surface area contributed by atoms with Gasteiger partial charge in [-0.15, -0.1) is 6.58 Å². The summed E-state index contributed by atoms with van der Waals surface area (Å²) in [4.78, 5) is 15.0. The van der Waals surface area contributed by atoms with E-state index in [1.807, 2.05) is 24.3 Å². The number of hydrogen-bond acceptors (Lipinski definition) is 2. The fourth-order valence-corrected chi connectivity index (χ4v) is 4.02. The Bertz CT molecular complexity index is 1260. The van der Waals surface area contributed by atoms with Crippen LogP contribution in [0.5, 0.6) is 0 Å². The van der Waals surface area contributed by atoms with E-state index in [0.29, 0.717) is 23.7 Å². The molecule has 32 heavy (non-hydrogen) atoms. The Morgan fingerprint density at radius 2 is 1.69 bits per heavy atom. The standard InChI is InChI=1S/C28H25ClN2O/c1-3-18-31(28(32)22-14-16-23(29)17-15-22)27-11-7-6-10-26(27)30-19-25-20(2)12-13-21-8-4-5-9-24(21)25/h3-17,30H,1,18-19H2,2H3. The van der Waals surface area contributed by atoms with Crippen LogP contribution in [-0.4, -0.2) is 12.5 Å². The summed E-state index contributed by atoms with van der Waals surface area (Å²) in [6.45, 7) is 7.03. The lowest BCUT2D eigenvalue weighted by Gasteiger charge is -2.25. The molecule has 160 valence electrons. The first-order valence-electron chi connectivity index (χ1n) is 10.6. The van der Waals surface area contributed by atoms with Gasteiger partial charge in [0.05, 0.1) is 11.4 Å². The van der Waals surface area contributed by atoms with Gasteiger partial charge in [-0.2, -0.15) is 0 Å². The van der Waals surface area contributed by atoms with Crippen LogP contribution in [-0.2, 0) is 6.54 Å². The van der Waals surface area contributed by atoms with E-state index in [1.165, 1.54) is 21.9 Å². The molecular formula is C28H25ClN2O. The van der Waals surface area contributed by atoms with Crippen molar-refractivity contribution < 1.29 is 4.79 Å². The number of amides is 1. The predicted octanol–water partition coefficient (Wildman–Crippen LogP) is 7.25. The summed E-state index contributed by atoms with van der Waals surface area (Å²) in [6.07, 6.45) is 1.74. The maximum atomic E-state index is 13.3. The van der Waals surface area contributed by atoms with Gasteiger partial charge in [-0.25, -0.2) is 0 Å². The van der Waals surface area contributed by atoms with Gasteiger partial charge >= 0.3 is 0 Å². The average molecular weight is 441 g/mol. The number of carbonyl (C=O) groups is 1. The molecule has 0 fully saturated rings. The largest absolute Gasteiger partial charge is 0.379 e. The number of nitrogens with one attached hydrogen (secondary N) is 1. The van der Waals surface area contributed by atoms with Gasteiger partial charge in [0.25, 0.3) is 5.91 Å². The van der Waals surface area contributed by atoms with Crippen molar-refractivity contribution in [2.45, 2.75) is 13.5 Å². The number of fused-ring (bicyclic) bond motifs is 1. The van der Waals surface area contributed by atoms with E-state index in [9.17, 15) is 4.79 Å². The number of rotatable bonds is 7. The van der Waals surface area contributed by atoms with E-state index in [0.717, 1.165) is 11.4 Å². The second kappa shape index (κ2) is 9.71. The smallest absolute Gasteiger partial charge is 0.258 e. The van der Waals surface area contributed by atoms with Gasteiger partial charge < -0.3 is 10.2 Å². The summed E-state index contributed by atoms with van der Waals surface area (Å²) in [7, 11) is 0. The Hall–Kier alpha value is -3.56. The van der Waals surface area contributed by atoms with Crippen molar-refractivity contribution in [2.24, 2.45) is 0 Å². The maximum Gasteiger partial charge on any atom is 0.258 e. The number of carbonyl (C=O) groups excluding carboxylic acids is 1. The molecule has 0 spiro atoms. The highest BCUT2D eigenvalue weighted by molar-refractivity contribution is 6.30. The van der Waals surface area contributed by atoms with Crippen molar-refractivity contribution in [3.05, 3.63) is 119 Å². The molecule has 0 saturated carbocycles. The molecular weight excluding hydrogens is 416 g/mol. The molecule has 1 N–H and O–H groups in total. The number of nitrogens with zero attached hydrogens (tertiary/aromatic N) is 1. The highest BCUT2D eigenvalue weighted by atomic mass is 35.5. The first-order valence-corrected chi connectivity index (χ1v) is 10.9. The molecule has 0 aromatic heterocycles. The minimum atomic E-state index is -0.0999. The molecule has 0 aliphatic heterocycles. The molecule has 0 unspecified atom stereocenters.